The Morgan fingerprint density at radius 1 is 1.24 bits per heavy atom. The van der Waals surface area contributed by atoms with E-state index < -0.39 is 10.0 Å². The lowest BCUT2D eigenvalue weighted by Gasteiger charge is -2.10. The van der Waals surface area contributed by atoms with Gasteiger partial charge in [0.2, 0.25) is 21.1 Å². The van der Waals surface area contributed by atoms with Crippen molar-refractivity contribution < 1.29 is 13.2 Å². The molecule has 0 atom stereocenters. The van der Waals surface area contributed by atoms with Crippen LogP contribution in [0.15, 0.2) is 57.0 Å². The first kappa shape index (κ1) is 21.5. The van der Waals surface area contributed by atoms with E-state index in [1.165, 1.54) is 24.9 Å². The molecule has 0 aliphatic heterocycles. The Balaban J connectivity index is 1.64. The highest BCUT2D eigenvalue weighted by Crippen LogP contribution is 2.26. The van der Waals surface area contributed by atoms with Crippen molar-refractivity contribution >= 4 is 49.3 Å². The number of rotatable bonds is 7. The lowest BCUT2D eigenvalue weighted by Crippen LogP contribution is -2.20. The molecule has 29 heavy (non-hydrogen) atoms. The van der Waals surface area contributed by atoms with E-state index in [9.17, 15) is 13.2 Å². The van der Waals surface area contributed by atoms with Crippen LogP contribution in [-0.4, -0.2) is 42.3 Å². The fraction of sp³-hybridized carbons (Fsp3) is 0.167. The summed E-state index contributed by atoms with van der Waals surface area (Å²) in [5.74, 6) is 0.384. The summed E-state index contributed by atoms with van der Waals surface area (Å²) >= 11 is 4.64. The molecular weight excluding hydrogens is 478 g/mol. The lowest BCUT2D eigenvalue weighted by molar-refractivity contribution is -0.113. The fourth-order valence-electron chi connectivity index (χ4n) is 2.49. The molecule has 1 aromatic heterocycles. The molecule has 11 heteroatoms. The van der Waals surface area contributed by atoms with E-state index in [-0.39, 0.29) is 16.6 Å². The topological polar surface area (TPSA) is 117 Å². The summed E-state index contributed by atoms with van der Waals surface area (Å²) in [5.41, 5.74) is 1.86. The minimum Gasteiger partial charge on any atom is -0.325 e. The number of aryl methyl sites for hydroxylation is 1. The number of hydrogen-bond donors (Lipinski definition) is 3. The van der Waals surface area contributed by atoms with Crippen molar-refractivity contribution in [2.24, 2.45) is 0 Å². The van der Waals surface area contributed by atoms with Gasteiger partial charge in [0.1, 0.15) is 0 Å². The van der Waals surface area contributed by atoms with E-state index in [0.29, 0.717) is 22.2 Å². The van der Waals surface area contributed by atoms with Crippen LogP contribution in [0.1, 0.15) is 5.56 Å². The predicted octanol–water partition coefficient (Wildman–Crippen LogP) is 3.18. The van der Waals surface area contributed by atoms with E-state index in [1.807, 2.05) is 24.3 Å². The molecular formula is C18H18BrN5O3S2. The molecule has 0 unspecified atom stereocenters. The molecule has 1 amide bonds. The van der Waals surface area contributed by atoms with Gasteiger partial charge in [-0.2, -0.15) is 0 Å². The fourth-order valence-corrected chi connectivity index (χ4v) is 4.55. The largest absolute Gasteiger partial charge is 0.325 e. The third kappa shape index (κ3) is 5.24. The number of aromatic amines is 1. The van der Waals surface area contributed by atoms with Crippen LogP contribution >= 0.6 is 27.7 Å². The maximum Gasteiger partial charge on any atom is 0.240 e. The maximum atomic E-state index is 12.3. The van der Waals surface area contributed by atoms with Crippen molar-refractivity contribution in [2.75, 3.05) is 18.1 Å². The van der Waals surface area contributed by atoms with Gasteiger partial charge in [0.25, 0.3) is 0 Å². The highest BCUT2D eigenvalue weighted by atomic mass is 79.9. The summed E-state index contributed by atoms with van der Waals surface area (Å²) in [5, 5.41) is 10.1. The number of amides is 1. The smallest absolute Gasteiger partial charge is 0.240 e. The number of H-pyrrole nitrogens is 1. The number of carbonyl (C=O) groups is 1. The molecule has 0 radical (unpaired) electrons. The van der Waals surface area contributed by atoms with Crippen LogP contribution < -0.4 is 10.0 Å². The van der Waals surface area contributed by atoms with Crippen LogP contribution in [0.3, 0.4) is 0 Å². The van der Waals surface area contributed by atoms with Gasteiger partial charge in [-0.1, -0.05) is 52.0 Å². The van der Waals surface area contributed by atoms with Gasteiger partial charge in [-0.15, -0.1) is 5.10 Å². The van der Waals surface area contributed by atoms with Crippen molar-refractivity contribution in [3.05, 3.63) is 52.5 Å². The average molecular weight is 496 g/mol. The number of sulfonamides is 1. The number of nitrogens with zero attached hydrogens (tertiary/aromatic N) is 2. The SMILES string of the molecule is CNS(=O)(=O)c1cc(NC(=O)CSc2n[nH]c(-c3ccccc3Br)n2)ccc1C. The van der Waals surface area contributed by atoms with Gasteiger partial charge in [0.05, 0.1) is 10.6 Å². The molecule has 3 rings (SSSR count). The molecule has 8 nitrogen and oxygen atoms in total. The Labute approximate surface area is 181 Å². The Kier molecular flexibility index (Phi) is 6.73. The summed E-state index contributed by atoms with van der Waals surface area (Å²) < 4.78 is 27.3. The number of aromatic nitrogens is 3. The van der Waals surface area contributed by atoms with Gasteiger partial charge >= 0.3 is 0 Å². The van der Waals surface area contributed by atoms with E-state index in [0.717, 1.165) is 10.0 Å². The molecule has 0 saturated heterocycles. The number of benzene rings is 2. The first-order chi connectivity index (χ1) is 13.8. The zero-order valence-electron chi connectivity index (χ0n) is 15.6. The molecule has 3 N–H and O–H groups in total. The second-order valence-electron chi connectivity index (χ2n) is 5.97. The minimum atomic E-state index is -3.60. The predicted molar refractivity (Wildman–Crippen MR) is 116 cm³/mol. The number of hydrogen-bond acceptors (Lipinski definition) is 6. The average Bonchev–Trinajstić information content (AvgIpc) is 3.17. The second kappa shape index (κ2) is 9.08. The Bertz CT molecular complexity index is 1150. The van der Waals surface area contributed by atoms with E-state index >= 15 is 0 Å². The third-order valence-electron chi connectivity index (χ3n) is 3.96. The van der Waals surface area contributed by atoms with Gasteiger partial charge in [0.15, 0.2) is 5.82 Å². The van der Waals surface area contributed by atoms with Crippen LogP contribution in [-0.2, 0) is 14.8 Å². The lowest BCUT2D eigenvalue weighted by atomic mass is 10.2. The third-order valence-corrected chi connectivity index (χ3v) is 7.05. The van der Waals surface area contributed by atoms with Gasteiger partial charge < -0.3 is 5.32 Å². The Morgan fingerprint density at radius 3 is 2.72 bits per heavy atom. The molecule has 3 aromatic rings. The standard InChI is InChI=1S/C18H18BrN5O3S2/c1-11-7-8-12(9-15(11)29(26,27)20-2)21-16(25)10-28-18-22-17(23-24-18)13-5-3-4-6-14(13)19/h3-9,20H,10H2,1-2H3,(H,21,25)(H,22,23,24). The van der Waals surface area contributed by atoms with E-state index in [4.69, 9.17) is 0 Å². The summed E-state index contributed by atoms with van der Waals surface area (Å²) in [6, 6.07) is 12.3. The first-order valence-corrected chi connectivity index (χ1v) is 11.7. The molecule has 0 spiro atoms. The zero-order valence-corrected chi connectivity index (χ0v) is 18.8. The highest BCUT2D eigenvalue weighted by Gasteiger charge is 2.16. The maximum absolute atomic E-state index is 12.3. The molecule has 2 aromatic carbocycles. The molecule has 0 fully saturated rings. The highest BCUT2D eigenvalue weighted by molar-refractivity contribution is 9.10. The summed E-state index contributed by atoms with van der Waals surface area (Å²) in [6.07, 6.45) is 0. The van der Waals surface area contributed by atoms with Crippen LogP contribution in [0.2, 0.25) is 0 Å². The summed E-state index contributed by atoms with van der Waals surface area (Å²) in [4.78, 5) is 16.8. The molecule has 0 bridgehead atoms. The van der Waals surface area contributed by atoms with Crippen molar-refractivity contribution in [3.63, 3.8) is 0 Å². The quantitative estimate of drug-likeness (QED) is 0.433. The van der Waals surface area contributed by atoms with Gasteiger partial charge in [-0.25, -0.2) is 18.1 Å². The van der Waals surface area contributed by atoms with Crippen molar-refractivity contribution in [1.82, 2.24) is 19.9 Å². The van der Waals surface area contributed by atoms with Crippen molar-refractivity contribution in [2.45, 2.75) is 17.0 Å². The number of carbonyl (C=O) groups excluding carboxylic acids is 1. The molecule has 152 valence electrons. The Morgan fingerprint density at radius 2 is 2.00 bits per heavy atom. The first-order valence-electron chi connectivity index (χ1n) is 8.44. The van der Waals surface area contributed by atoms with Gasteiger partial charge in [-0.05, 0) is 37.7 Å². The van der Waals surface area contributed by atoms with Gasteiger partial charge in [-0.3, -0.25) is 9.89 Å². The Hall–Kier alpha value is -2.21. The van der Waals surface area contributed by atoms with Crippen molar-refractivity contribution in [1.29, 1.82) is 0 Å². The van der Waals surface area contributed by atoms with Gasteiger partial charge in [0, 0.05) is 15.7 Å². The number of thioether (sulfide) groups is 1. The van der Waals surface area contributed by atoms with Crippen LogP contribution in [0.4, 0.5) is 5.69 Å². The second-order valence-corrected chi connectivity index (χ2v) is 9.62. The van der Waals surface area contributed by atoms with Crippen LogP contribution in [0.5, 0.6) is 0 Å². The number of nitrogens with one attached hydrogen (secondary N) is 3. The van der Waals surface area contributed by atoms with E-state index in [1.54, 1.807) is 19.1 Å². The molecule has 0 aliphatic carbocycles. The molecule has 0 aliphatic rings. The van der Waals surface area contributed by atoms with Crippen LogP contribution in [0, 0.1) is 6.92 Å². The monoisotopic (exact) mass is 495 g/mol. The molecule has 0 saturated carbocycles. The zero-order chi connectivity index (χ0) is 21.0. The van der Waals surface area contributed by atoms with Crippen molar-refractivity contribution in [3.8, 4) is 11.4 Å². The molecule has 1 heterocycles. The normalized spacial score (nSPS) is 11.4. The summed E-state index contributed by atoms with van der Waals surface area (Å²) in [6.45, 7) is 1.69. The minimum absolute atomic E-state index is 0.0786. The van der Waals surface area contributed by atoms with E-state index in [2.05, 4.69) is 41.2 Å². The number of halogens is 1. The van der Waals surface area contributed by atoms with Crippen LogP contribution in [0.25, 0.3) is 11.4 Å². The summed E-state index contributed by atoms with van der Waals surface area (Å²) in [7, 11) is -2.26. The number of anilines is 1.